The molecule has 0 aliphatic rings. The molecule has 2 aromatic rings. The van der Waals surface area contributed by atoms with Crippen LogP contribution in [-0.2, 0) is 30.4 Å². The molecule has 13 N–H and O–H groups in total. The SMILES string of the molecule is NC(N)=NCCCC(NC(=O)C(Cc1c[nH]c2ccccc12)NC(=O)C(N)CCC(=O)O)C(=O)NC(CO)C(=O)O. The van der Waals surface area contributed by atoms with Crippen LogP contribution < -0.4 is 33.2 Å². The van der Waals surface area contributed by atoms with E-state index in [2.05, 4.69) is 25.9 Å². The van der Waals surface area contributed by atoms with Crippen LogP contribution in [0.5, 0.6) is 0 Å². The van der Waals surface area contributed by atoms with Gasteiger partial charge in [-0.1, -0.05) is 18.2 Å². The number of carboxylic acid groups (broad SMARTS) is 2. The Hall–Kier alpha value is -4.70. The van der Waals surface area contributed by atoms with Crippen LogP contribution in [0, 0.1) is 0 Å². The third-order valence-corrected chi connectivity index (χ3v) is 6.11. The Bertz CT molecular complexity index is 1260. The third kappa shape index (κ3) is 10.4. The molecule has 0 aliphatic carbocycles. The average Bonchev–Trinajstić information content (AvgIpc) is 3.33. The number of fused-ring (bicyclic) bond motifs is 1. The van der Waals surface area contributed by atoms with E-state index in [1.54, 1.807) is 12.3 Å². The lowest BCUT2D eigenvalue weighted by molar-refractivity contribution is -0.143. The predicted molar refractivity (Wildman–Crippen MR) is 147 cm³/mol. The lowest BCUT2D eigenvalue weighted by Gasteiger charge is -2.25. The van der Waals surface area contributed by atoms with Crippen molar-refractivity contribution in [2.75, 3.05) is 13.2 Å². The highest BCUT2D eigenvalue weighted by atomic mass is 16.4. The summed E-state index contributed by atoms with van der Waals surface area (Å²) in [4.78, 5) is 68.3. The van der Waals surface area contributed by atoms with Crippen molar-refractivity contribution in [2.24, 2.45) is 22.2 Å². The van der Waals surface area contributed by atoms with Crippen molar-refractivity contribution in [1.29, 1.82) is 0 Å². The molecule has 1 aromatic carbocycles. The normalized spacial score (nSPS) is 13.8. The number of nitrogens with two attached hydrogens (primary N) is 3. The molecule has 2 rings (SSSR count). The fraction of sp³-hybridized carbons (Fsp3) is 0.440. The van der Waals surface area contributed by atoms with Gasteiger partial charge in [0, 0.05) is 36.5 Å². The van der Waals surface area contributed by atoms with E-state index in [0.717, 1.165) is 10.9 Å². The minimum absolute atomic E-state index is 0.0159. The largest absolute Gasteiger partial charge is 0.481 e. The second-order valence-electron chi connectivity index (χ2n) is 9.26. The van der Waals surface area contributed by atoms with Crippen LogP contribution in [0.3, 0.4) is 0 Å². The zero-order chi connectivity index (χ0) is 30.5. The van der Waals surface area contributed by atoms with Gasteiger partial charge < -0.3 is 53.5 Å². The Morgan fingerprint density at radius 3 is 2.17 bits per heavy atom. The van der Waals surface area contributed by atoms with Gasteiger partial charge in [0.1, 0.15) is 18.1 Å². The fourth-order valence-corrected chi connectivity index (χ4v) is 3.92. The highest BCUT2D eigenvalue weighted by molar-refractivity contribution is 5.95. The minimum Gasteiger partial charge on any atom is -0.481 e. The number of amides is 3. The number of aromatic nitrogens is 1. The van der Waals surface area contributed by atoms with Crippen LogP contribution >= 0.6 is 0 Å². The highest BCUT2D eigenvalue weighted by Gasteiger charge is 2.30. The first kappa shape index (κ1) is 32.5. The maximum atomic E-state index is 13.5. The van der Waals surface area contributed by atoms with Crippen molar-refractivity contribution in [1.82, 2.24) is 20.9 Å². The summed E-state index contributed by atoms with van der Waals surface area (Å²) in [6.07, 6.45) is 1.31. The van der Waals surface area contributed by atoms with Crippen LogP contribution in [-0.4, -0.2) is 93.2 Å². The molecule has 41 heavy (non-hydrogen) atoms. The number of para-hydroxylation sites is 1. The summed E-state index contributed by atoms with van der Waals surface area (Å²) in [6, 6.07) is 1.89. The number of guanidine groups is 1. The molecule has 3 amide bonds. The number of aliphatic hydroxyl groups is 1. The van der Waals surface area contributed by atoms with Gasteiger partial charge in [-0.25, -0.2) is 4.79 Å². The number of H-pyrrole nitrogens is 1. The number of hydrogen-bond donors (Lipinski definition) is 10. The first-order valence-corrected chi connectivity index (χ1v) is 12.8. The predicted octanol–water partition coefficient (Wildman–Crippen LogP) is -2.51. The van der Waals surface area contributed by atoms with Crippen molar-refractivity contribution in [2.45, 2.75) is 56.3 Å². The number of carboxylic acids is 2. The number of carbonyl (C=O) groups excluding carboxylic acids is 3. The molecule has 4 atom stereocenters. The van der Waals surface area contributed by atoms with Crippen LogP contribution in [0.1, 0.15) is 31.2 Å². The van der Waals surface area contributed by atoms with Gasteiger partial charge in [-0.05, 0) is 30.9 Å². The Balaban J connectivity index is 2.30. The number of aromatic amines is 1. The Morgan fingerprint density at radius 2 is 1.54 bits per heavy atom. The molecule has 0 fully saturated rings. The number of aliphatic hydroxyl groups excluding tert-OH is 1. The van der Waals surface area contributed by atoms with Crippen molar-refractivity contribution < 1.29 is 39.3 Å². The first-order chi connectivity index (χ1) is 19.4. The Kier molecular flexibility index (Phi) is 12.5. The van der Waals surface area contributed by atoms with Crippen LogP contribution in [0.15, 0.2) is 35.5 Å². The molecular formula is C25H36N8O8. The maximum absolute atomic E-state index is 13.5. The van der Waals surface area contributed by atoms with Gasteiger partial charge in [0.05, 0.1) is 12.6 Å². The lowest BCUT2D eigenvalue weighted by Crippen LogP contribution is -2.58. The Labute approximate surface area is 234 Å². The fourth-order valence-electron chi connectivity index (χ4n) is 3.92. The summed E-state index contributed by atoms with van der Waals surface area (Å²) in [5.41, 5.74) is 17.9. The topological polar surface area (TPSA) is 288 Å². The van der Waals surface area contributed by atoms with Gasteiger partial charge in [-0.15, -0.1) is 0 Å². The number of carbonyl (C=O) groups is 5. The van der Waals surface area contributed by atoms with Gasteiger partial charge in [-0.2, -0.15) is 0 Å². The number of benzene rings is 1. The van der Waals surface area contributed by atoms with Crippen molar-refractivity contribution in [3.63, 3.8) is 0 Å². The summed E-state index contributed by atoms with van der Waals surface area (Å²) in [5, 5.41) is 35.4. The van der Waals surface area contributed by atoms with Gasteiger partial charge >= 0.3 is 11.9 Å². The molecule has 224 valence electrons. The van der Waals surface area contributed by atoms with E-state index < -0.39 is 60.4 Å². The van der Waals surface area contributed by atoms with Gasteiger partial charge in [0.25, 0.3) is 0 Å². The van der Waals surface area contributed by atoms with E-state index in [0.29, 0.717) is 5.56 Å². The first-order valence-electron chi connectivity index (χ1n) is 12.8. The van der Waals surface area contributed by atoms with Crippen molar-refractivity contribution in [3.8, 4) is 0 Å². The van der Waals surface area contributed by atoms with Crippen LogP contribution in [0.2, 0.25) is 0 Å². The number of nitrogens with zero attached hydrogens (tertiary/aromatic N) is 1. The van der Waals surface area contributed by atoms with E-state index in [1.807, 2.05) is 18.2 Å². The number of hydrogen-bond acceptors (Lipinski definition) is 8. The molecule has 16 heteroatoms. The molecule has 0 aliphatic heterocycles. The zero-order valence-electron chi connectivity index (χ0n) is 22.2. The quantitative estimate of drug-likeness (QED) is 0.0533. The van der Waals surface area contributed by atoms with Crippen LogP contribution in [0.25, 0.3) is 10.9 Å². The average molecular weight is 577 g/mol. The summed E-state index contributed by atoms with van der Waals surface area (Å²) in [6.45, 7) is -0.776. The maximum Gasteiger partial charge on any atom is 0.328 e. The van der Waals surface area contributed by atoms with E-state index >= 15 is 0 Å². The molecule has 0 bridgehead atoms. The highest BCUT2D eigenvalue weighted by Crippen LogP contribution is 2.19. The number of aliphatic carboxylic acids is 2. The number of nitrogens with one attached hydrogen (secondary N) is 4. The third-order valence-electron chi connectivity index (χ3n) is 6.11. The molecule has 16 nitrogen and oxygen atoms in total. The Morgan fingerprint density at radius 1 is 0.902 bits per heavy atom. The van der Waals surface area contributed by atoms with E-state index in [-0.39, 0.29) is 44.6 Å². The molecule has 1 heterocycles. The summed E-state index contributed by atoms with van der Waals surface area (Å²) < 4.78 is 0. The monoisotopic (exact) mass is 576 g/mol. The van der Waals surface area contributed by atoms with E-state index in [1.165, 1.54) is 0 Å². The molecule has 0 spiro atoms. The van der Waals surface area contributed by atoms with Gasteiger partial charge in [-0.3, -0.25) is 24.2 Å². The van der Waals surface area contributed by atoms with Crippen LogP contribution in [0.4, 0.5) is 0 Å². The second kappa shape index (κ2) is 15.8. The molecular weight excluding hydrogens is 540 g/mol. The molecule has 1 aromatic heterocycles. The standard InChI is InChI=1S/C25H36N8O8/c26-15(7-8-20(35)36)21(37)32-18(10-13-11-30-16-5-2-1-4-14(13)16)23(39)31-17(6-3-9-29-25(27)28)22(38)33-19(12-34)24(40)41/h1-2,4-5,11,15,17-19,30,34H,3,6-10,12,26H2,(H,31,39)(H,32,37)(H,33,38)(H,35,36)(H,40,41)(H4,27,28,29). The lowest BCUT2D eigenvalue weighted by atomic mass is 10.0. The second-order valence-corrected chi connectivity index (χ2v) is 9.26. The van der Waals surface area contributed by atoms with Crippen molar-refractivity contribution >= 4 is 46.5 Å². The van der Waals surface area contributed by atoms with E-state index in [9.17, 15) is 34.2 Å². The van der Waals surface area contributed by atoms with Crippen molar-refractivity contribution in [3.05, 3.63) is 36.0 Å². The molecule has 0 saturated heterocycles. The summed E-state index contributed by atoms with van der Waals surface area (Å²) in [5.74, 6) is -5.25. The smallest absolute Gasteiger partial charge is 0.328 e. The molecule has 0 saturated carbocycles. The van der Waals surface area contributed by atoms with E-state index in [4.69, 9.17) is 22.3 Å². The minimum atomic E-state index is -1.62. The number of rotatable bonds is 17. The molecule has 4 unspecified atom stereocenters. The zero-order valence-corrected chi connectivity index (χ0v) is 22.2. The number of aliphatic imine (C=N–C) groups is 1. The van der Waals surface area contributed by atoms with Gasteiger partial charge in [0.15, 0.2) is 5.96 Å². The molecule has 0 radical (unpaired) electrons. The summed E-state index contributed by atoms with van der Waals surface area (Å²) in [7, 11) is 0. The summed E-state index contributed by atoms with van der Waals surface area (Å²) >= 11 is 0. The van der Waals surface area contributed by atoms with Gasteiger partial charge in [0.2, 0.25) is 17.7 Å².